The standard InChI is InChI=1S/C15H19NO3S/c1-2-11-12-6-3-4-7-14(12)19-15(11)13-10-20(17,18)9-5-8-16-13/h3-4,6-7,13,16H,2,5,8-10H2,1H3. The predicted molar refractivity (Wildman–Crippen MR) is 79.6 cm³/mol. The zero-order chi connectivity index (χ0) is 14.2. The molecule has 1 fully saturated rings. The maximum absolute atomic E-state index is 12.0. The first kappa shape index (κ1) is 13.6. The van der Waals surface area contributed by atoms with Crippen molar-refractivity contribution in [1.29, 1.82) is 0 Å². The molecule has 1 aromatic heterocycles. The molecule has 1 aliphatic heterocycles. The average Bonchev–Trinajstić information content (AvgIpc) is 2.70. The van der Waals surface area contributed by atoms with Crippen molar-refractivity contribution in [3.8, 4) is 0 Å². The van der Waals surface area contributed by atoms with Crippen molar-refractivity contribution >= 4 is 20.8 Å². The molecular formula is C15H19NO3S. The first-order valence-electron chi connectivity index (χ1n) is 7.05. The van der Waals surface area contributed by atoms with Gasteiger partial charge in [-0.25, -0.2) is 8.42 Å². The van der Waals surface area contributed by atoms with E-state index in [1.807, 2.05) is 24.3 Å². The van der Waals surface area contributed by atoms with Crippen molar-refractivity contribution in [1.82, 2.24) is 5.32 Å². The van der Waals surface area contributed by atoms with Crippen LogP contribution >= 0.6 is 0 Å². The second kappa shape index (κ2) is 5.22. The maximum atomic E-state index is 12.0. The van der Waals surface area contributed by atoms with Crippen LogP contribution in [0, 0.1) is 0 Å². The monoisotopic (exact) mass is 293 g/mol. The minimum Gasteiger partial charge on any atom is -0.459 e. The number of sulfone groups is 1. The minimum absolute atomic E-state index is 0.125. The molecule has 0 spiro atoms. The van der Waals surface area contributed by atoms with E-state index in [1.54, 1.807) is 0 Å². The van der Waals surface area contributed by atoms with Gasteiger partial charge in [-0.05, 0) is 25.5 Å². The molecule has 2 heterocycles. The van der Waals surface area contributed by atoms with Crippen LogP contribution in [-0.4, -0.2) is 26.5 Å². The van der Waals surface area contributed by atoms with Crippen LogP contribution in [0.3, 0.4) is 0 Å². The molecule has 0 bridgehead atoms. The lowest BCUT2D eigenvalue weighted by molar-refractivity contribution is 0.452. The van der Waals surface area contributed by atoms with Crippen LogP contribution in [0.1, 0.15) is 30.7 Å². The van der Waals surface area contributed by atoms with Gasteiger partial charge in [0.1, 0.15) is 11.3 Å². The Kier molecular flexibility index (Phi) is 3.56. The summed E-state index contributed by atoms with van der Waals surface area (Å²) in [5, 5.41) is 4.41. The van der Waals surface area contributed by atoms with E-state index in [2.05, 4.69) is 12.2 Å². The molecule has 1 N–H and O–H groups in total. The molecule has 0 aliphatic carbocycles. The number of fused-ring (bicyclic) bond motifs is 1. The van der Waals surface area contributed by atoms with Crippen molar-refractivity contribution in [3.63, 3.8) is 0 Å². The summed E-state index contributed by atoms with van der Waals surface area (Å²) in [7, 11) is -3.00. The second-order valence-electron chi connectivity index (χ2n) is 5.27. The molecule has 0 saturated carbocycles. The molecule has 1 aromatic carbocycles. The Hall–Kier alpha value is -1.33. The Morgan fingerprint density at radius 1 is 1.35 bits per heavy atom. The van der Waals surface area contributed by atoms with Crippen LogP contribution in [0.25, 0.3) is 11.0 Å². The predicted octanol–water partition coefficient (Wildman–Crippen LogP) is 2.44. The number of benzene rings is 1. The van der Waals surface area contributed by atoms with E-state index >= 15 is 0 Å². The van der Waals surface area contributed by atoms with E-state index in [4.69, 9.17) is 4.42 Å². The molecule has 20 heavy (non-hydrogen) atoms. The third-order valence-corrected chi connectivity index (χ3v) is 5.59. The zero-order valence-electron chi connectivity index (χ0n) is 11.6. The highest BCUT2D eigenvalue weighted by atomic mass is 32.2. The van der Waals surface area contributed by atoms with Gasteiger partial charge in [0.05, 0.1) is 17.5 Å². The molecule has 4 nitrogen and oxygen atoms in total. The third kappa shape index (κ3) is 2.47. The topological polar surface area (TPSA) is 59.3 Å². The van der Waals surface area contributed by atoms with Gasteiger partial charge in [-0.1, -0.05) is 25.1 Å². The van der Waals surface area contributed by atoms with Crippen LogP contribution in [-0.2, 0) is 16.3 Å². The first-order valence-corrected chi connectivity index (χ1v) is 8.87. The summed E-state index contributed by atoms with van der Waals surface area (Å²) < 4.78 is 29.9. The normalized spacial score (nSPS) is 22.8. The quantitative estimate of drug-likeness (QED) is 0.924. The summed E-state index contributed by atoms with van der Waals surface area (Å²) in [6.07, 6.45) is 1.51. The lowest BCUT2D eigenvalue weighted by atomic mass is 10.0. The van der Waals surface area contributed by atoms with E-state index in [-0.39, 0.29) is 17.5 Å². The number of para-hydroxylation sites is 1. The summed E-state index contributed by atoms with van der Waals surface area (Å²) in [5.74, 6) is 1.18. The van der Waals surface area contributed by atoms with Gasteiger partial charge in [0.2, 0.25) is 0 Å². The second-order valence-corrected chi connectivity index (χ2v) is 7.50. The summed E-state index contributed by atoms with van der Waals surface area (Å²) in [6.45, 7) is 2.79. The van der Waals surface area contributed by atoms with Gasteiger partial charge in [-0.2, -0.15) is 0 Å². The summed E-state index contributed by atoms with van der Waals surface area (Å²) in [4.78, 5) is 0. The van der Waals surface area contributed by atoms with Crippen molar-refractivity contribution in [2.24, 2.45) is 0 Å². The Balaban J connectivity index is 2.08. The van der Waals surface area contributed by atoms with Gasteiger partial charge in [-0.3, -0.25) is 0 Å². The highest BCUT2D eigenvalue weighted by molar-refractivity contribution is 7.91. The van der Waals surface area contributed by atoms with Gasteiger partial charge in [-0.15, -0.1) is 0 Å². The molecule has 3 rings (SSSR count). The lowest BCUT2D eigenvalue weighted by Gasteiger charge is -2.14. The Labute approximate surface area is 119 Å². The molecule has 1 saturated heterocycles. The van der Waals surface area contributed by atoms with Crippen molar-refractivity contribution in [3.05, 3.63) is 35.6 Å². The zero-order valence-corrected chi connectivity index (χ0v) is 12.4. The van der Waals surface area contributed by atoms with Crippen LogP contribution in [0.15, 0.2) is 28.7 Å². The molecule has 2 aromatic rings. The third-order valence-electron chi connectivity index (χ3n) is 3.84. The Bertz CT molecular complexity index is 718. The molecule has 1 aliphatic rings. The highest BCUT2D eigenvalue weighted by Gasteiger charge is 2.28. The van der Waals surface area contributed by atoms with E-state index in [1.165, 1.54) is 0 Å². The largest absolute Gasteiger partial charge is 0.459 e. The lowest BCUT2D eigenvalue weighted by Crippen LogP contribution is -2.25. The Morgan fingerprint density at radius 3 is 2.95 bits per heavy atom. The molecule has 1 atom stereocenters. The van der Waals surface area contributed by atoms with Crippen LogP contribution < -0.4 is 5.32 Å². The number of hydrogen-bond acceptors (Lipinski definition) is 4. The van der Waals surface area contributed by atoms with Gasteiger partial charge in [0.15, 0.2) is 9.84 Å². The van der Waals surface area contributed by atoms with Crippen molar-refractivity contribution in [2.75, 3.05) is 18.1 Å². The van der Waals surface area contributed by atoms with Crippen molar-refractivity contribution in [2.45, 2.75) is 25.8 Å². The minimum atomic E-state index is -3.00. The number of aryl methyl sites for hydroxylation is 1. The summed E-state index contributed by atoms with van der Waals surface area (Å²) in [6, 6.07) is 7.66. The number of hydrogen-bond donors (Lipinski definition) is 1. The van der Waals surface area contributed by atoms with Crippen molar-refractivity contribution < 1.29 is 12.8 Å². The fourth-order valence-electron chi connectivity index (χ4n) is 2.90. The molecule has 108 valence electrons. The first-order chi connectivity index (χ1) is 9.61. The van der Waals surface area contributed by atoms with E-state index in [9.17, 15) is 8.42 Å². The summed E-state index contributed by atoms with van der Waals surface area (Å²) in [5.41, 5.74) is 1.96. The van der Waals surface area contributed by atoms with Gasteiger partial charge < -0.3 is 9.73 Å². The number of nitrogens with one attached hydrogen (secondary N) is 1. The highest BCUT2D eigenvalue weighted by Crippen LogP contribution is 2.31. The fraction of sp³-hybridized carbons (Fsp3) is 0.467. The van der Waals surface area contributed by atoms with E-state index in [0.29, 0.717) is 13.0 Å². The number of rotatable bonds is 2. The molecule has 1 unspecified atom stereocenters. The smallest absolute Gasteiger partial charge is 0.152 e. The molecule has 0 radical (unpaired) electrons. The van der Waals surface area contributed by atoms with Crippen LogP contribution in [0.5, 0.6) is 0 Å². The van der Waals surface area contributed by atoms with Gasteiger partial charge >= 0.3 is 0 Å². The van der Waals surface area contributed by atoms with E-state index < -0.39 is 9.84 Å². The van der Waals surface area contributed by atoms with Crippen LogP contribution in [0.4, 0.5) is 0 Å². The molecule has 5 heteroatoms. The Morgan fingerprint density at radius 2 is 2.15 bits per heavy atom. The maximum Gasteiger partial charge on any atom is 0.152 e. The summed E-state index contributed by atoms with van der Waals surface area (Å²) >= 11 is 0. The van der Waals surface area contributed by atoms with E-state index in [0.717, 1.165) is 28.7 Å². The number of furan rings is 1. The van der Waals surface area contributed by atoms with Gasteiger partial charge in [0, 0.05) is 10.9 Å². The SMILES string of the molecule is CCc1c(C2CS(=O)(=O)CCCN2)oc2ccccc12. The fourth-order valence-corrected chi connectivity index (χ4v) is 4.42. The molecular weight excluding hydrogens is 274 g/mol. The van der Waals surface area contributed by atoms with Crippen LogP contribution in [0.2, 0.25) is 0 Å². The molecule has 0 amide bonds. The van der Waals surface area contributed by atoms with Gasteiger partial charge in [0.25, 0.3) is 0 Å². The average molecular weight is 293 g/mol.